The molecule has 0 aliphatic heterocycles. The normalized spacial score (nSPS) is 17.2. The van der Waals surface area contributed by atoms with Crippen molar-refractivity contribution in [2.24, 2.45) is 11.7 Å². The number of carbonyl (C=O) groups excluding carboxylic acids is 2. The lowest BCUT2D eigenvalue weighted by molar-refractivity contribution is -0.136. The second-order valence-electron chi connectivity index (χ2n) is 5.84. The monoisotopic (exact) mass is 255 g/mol. The van der Waals surface area contributed by atoms with Gasteiger partial charge < -0.3 is 16.0 Å². The van der Waals surface area contributed by atoms with Crippen molar-refractivity contribution in [3.8, 4) is 0 Å². The molecule has 0 unspecified atom stereocenters. The van der Waals surface area contributed by atoms with Crippen LogP contribution in [-0.2, 0) is 9.59 Å². The van der Waals surface area contributed by atoms with Crippen LogP contribution < -0.4 is 11.1 Å². The molecule has 0 heterocycles. The molecular weight excluding hydrogens is 230 g/mol. The van der Waals surface area contributed by atoms with E-state index in [0.29, 0.717) is 18.9 Å². The van der Waals surface area contributed by atoms with Crippen molar-refractivity contribution < 1.29 is 9.59 Å². The molecule has 0 aromatic carbocycles. The number of carbonyl (C=O) groups is 2. The number of rotatable bonds is 6. The Bertz CT molecular complexity index is 311. The van der Waals surface area contributed by atoms with Gasteiger partial charge in [-0.2, -0.15) is 0 Å². The van der Waals surface area contributed by atoms with E-state index in [1.807, 2.05) is 13.8 Å². The van der Waals surface area contributed by atoms with Gasteiger partial charge in [-0.3, -0.25) is 9.59 Å². The molecule has 104 valence electrons. The highest BCUT2D eigenvalue weighted by Gasteiger charge is 2.35. The lowest BCUT2D eigenvalue weighted by atomic mass is 9.75. The third kappa shape index (κ3) is 4.64. The summed E-state index contributed by atoms with van der Waals surface area (Å²) in [5.41, 5.74) is 5.70. The molecule has 1 fully saturated rings. The zero-order chi connectivity index (χ0) is 13.8. The highest BCUT2D eigenvalue weighted by Crippen LogP contribution is 2.32. The van der Waals surface area contributed by atoms with Crippen LogP contribution in [0.4, 0.5) is 0 Å². The van der Waals surface area contributed by atoms with E-state index < -0.39 is 0 Å². The third-order valence-corrected chi connectivity index (χ3v) is 3.37. The van der Waals surface area contributed by atoms with Crippen LogP contribution in [0.25, 0.3) is 0 Å². The van der Waals surface area contributed by atoms with E-state index in [1.165, 1.54) is 4.90 Å². The second-order valence-corrected chi connectivity index (χ2v) is 5.84. The van der Waals surface area contributed by atoms with E-state index in [-0.39, 0.29) is 23.9 Å². The number of hydrogen-bond acceptors (Lipinski definition) is 3. The standard InChI is InChI=1S/C13H25N3O2/c1-10(2)8-15-11(17)9-16(3)12(18)7-13(14)5-4-6-13/h10H,4-9,14H2,1-3H3,(H,15,17). The second kappa shape index (κ2) is 6.18. The SMILES string of the molecule is CC(C)CNC(=O)CN(C)C(=O)CC1(N)CCC1. The topological polar surface area (TPSA) is 75.4 Å². The van der Waals surface area contributed by atoms with Gasteiger partial charge in [-0.05, 0) is 25.2 Å². The lowest BCUT2D eigenvalue weighted by Gasteiger charge is -2.38. The molecule has 0 radical (unpaired) electrons. The van der Waals surface area contributed by atoms with Crippen LogP contribution in [0.3, 0.4) is 0 Å². The quantitative estimate of drug-likeness (QED) is 0.725. The average Bonchev–Trinajstić information content (AvgIpc) is 2.24. The molecule has 0 spiro atoms. The predicted octanol–water partition coefficient (Wildman–Crippen LogP) is 0.489. The first-order chi connectivity index (χ1) is 8.32. The Balaban J connectivity index is 2.28. The Morgan fingerprint density at radius 2 is 2.00 bits per heavy atom. The summed E-state index contributed by atoms with van der Waals surface area (Å²) in [6.45, 7) is 4.82. The molecule has 0 aromatic heterocycles. The summed E-state index contributed by atoms with van der Waals surface area (Å²) in [6, 6.07) is 0. The minimum absolute atomic E-state index is 0.0445. The van der Waals surface area contributed by atoms with Gasteiger partial charge in [-0.1, -0.05) is 13.8 Å². The fourth-order valence-electron chi connectivity index (χ4n) is 1.92. The third-order valence-electron chi connectivity index (χ3n) is 3.37. The lowest BCUT2D eigenvalue weighted by Crippen LogP contribution is -2.51. The molecule has 1 saturated carbocycles. The van der Waals surface area contributed by atoms with Gasteiger partial charge in [0.2, 0.25) is 11.8 Å². The van der Waals surface area contributed by atoms with E-state index in [9.17, 15) is 9.59 Å². The number of nitrogens with two attached hydrogens (primary N) is 1. The van der Waals surface area contributed by atoms with E-state index in [2.05, 4.69) is 5.32 Å². The molecule has 0 aromatic rings. The molecule has 2 amide bonds. The van der Waals surface area contributed by atoms with Gasteiger partial charge in [0.05, 0.1) is 6.54 Å². The van der Waals surface area contributed by atoms with Gasteiger partial charge in [-0.25, -0.2) is 0 Å². The summed E-state index contributed by atoms with van der Waals surface area (Å²) in [5.74, 6) is 0.258. The Kier molecular flexibility index (Phi) is 5.14. The van der Waals surface area contributed by atoms with Crippen molar-refractivity contribution in [1.29, 1.82) is 0 Å². The van der Waals surface area contributed by atoms with Crippen molar-refractivity contribution in [2.75, 3.05) is 20.1 Å². The van der Waals surface area contributed by atoms with Crippen LogP contribution in [0.1, 0.15) is 39.5 Å². The first-order valence-corrected chi connectivity index (χ1v) is 6.62. The van der Waals surface area contributed by atoms with E-state index in [4.69, 9.17) is 5.73 Å². The summed E-state index contributed by atoms with van der Waals surface area (Å²) >= 11 is 0. The van der Waals surface area contributed by atoms with Crippen molar-refractivity contribution in [3.63, 3.8) is 0 Å². The summed E-state index contributed by atoms with van der Waals surface area (Å²) in [4.78, 5) is 24.9. The summed E-state index contributed by atoms with van der Waals surface area (Å²) in [6.07, 6.45) is 3.27. The zero-order valence-corrected chi connectivity index (χ0v) is 11.7. The van der Waals surface area contributed by atoms with Crippen molar-refractivity contribution in [3.05, 3.63) is 0 Å². The van der Waals surface area contributed by atoms with Crippen LogP contribution in [0.5, 0.6) is 0 Å². The molecule has 1 rings (SSSR count). The molecule has 1 aliphatic carbocycles. The van der Waals surface area contributed by atoms with Gasteiger partial charge in [0.1, 0.15) is 0 Å². The van der Waals surface area contributed by atoms with Gasteiger partial charge >= 0.3 is 0 Å². The number of likely N-dealkylation sites (N-methyl/N-ethyl adjacent to an activating group) is 1. The average molecular weight is 255 g/mol. The summed E-state index contributed by atoms with van der Waals surface area (Å²) < 4.78 is 0. The van der Waals surface area contributed by atoms with E-state index in [0.717, 1.165) is 19.3 Å². The smallest absolute Gasteiger partial charge is 0.239 e. The van der Waals surface area contributed by atoms with Crippen LogP contribution in [0.2, 0.25) is 0 Å². The van der Waals surface area contributed by atoms with Crippen LogP contribution in [0, 0.1) is 5.92 Å². The molecule has 5 nitrogen and oxygen atoms in total. The molecule has 0 bridgehead atoms. The van der Waals surface area contributed by atoms with E-state index >= 15 is 0 Å². The molecule has 3 N–H and O–H groups in total. The van der Waals surface area contributed by atoms with Gasteiger partial charge in [0.15, 0.2) is 0 Å². The maximum absolute atomic E-state index is 11.9. The van der Waals surface area contributed by atoms with Crippen molar-refractivity contribution >= 4 is 11.8 Å². The fourth-order valence-corrected chi connectivity index (χ4v) is 1.92. The predicted molar refractivity (Wildman–Crippen MR) is 70.9 cm³/mol. The van der Waals surface area contributed by atoms with Gasteiger partial charge in [0, 0.05) is 25.6 Å². The van der Waals surface area contributed by atoms with Crippen molar-refractivity contribution in [2.45, 2.75) is 45.1 Å². The van der Waals surface area contributed by atoms with Crippen LogP contribution in [0.15, 0.2) is 0 Å². The fraction of sp³-hybridized carbons (Fsp3) is 0.846. The first-order valence-electron chi connectivity index (χ1n) is 6.62. The Morgan fingerprint density at radius 1 is 1.39 bits per heavy atom. The molecule has 1 aliphatic rings. The molecule has 0 saturated heterocycles. The van der Waals surface area contributed by atoms with Gasteiger partial charge in [0.25, 0.3) is 0 Å². The highest BCUT2D eigenvalue weighted by atomic mass is 16.2. The number of amides is 2. The highest BCUT2D eigenvalue weighted by molar-refractivity contribution is 5.85. The number of nitrogens with one attached hydrogen (secondary N) is 1. The summed E-state index contributed by atoms with van der Waals surface area (Å²) in [5, 5.41) is 2.79. The minimum Gasteiger partial charge on any atom is -0.354 e. The van der Waals surface area contributed by atoms with Gasteiger partial charge in [-0.15, -0.1) is 0 Å². The number of nitrogens with zero attached hydrogens (tertiary/aromatic N) is 1. The summed E-state index contributed by atoms with van der Waals surface area (Å²) in [7, 11) is 1.65. The largest absolute Gasteiger partial charge is 0.354 e. The molecule has 18 heavy (non-hydrogen) atoms. The van der Waals surface area contributed by atoms with Crippen molar-refractivity contribution in [1.82, 2.24) is 10.2 Å². The van der Waals surface area contributed by atoms with Crippen LogP contribution >= 0.6 is 0 Å². The maximum atomic E-state index is 11.9. The first kappa shape index (κ1) is 15.0. The maximum Gasteiger partial charge on any atom is 0.239 e. The Morgan fingerprint density at radius 3 is 2.44 bits per heavy atom. The minimum atomic E-state index is -0.320. The molecule has 0 atom stereocenters. The Labute approximate surface area is 109 Å². The Hall–Kier alpha value is -1.10. The number of hydrogen-bond donors (Lipinski definition) is 2. The van der Waals surface area contributed by atoms with E-state index in [1.54, 1.807) is 7.05 Å². The van der Waals surface area contributed by atoms with Crippen LogP contribution in [-0.4, -0.2) is 42.4 Å². The molecule has 5 heteroatoms. The molecular formula is C13H25N3O2. The zero-order valence-electron chi connectivity index (χ0n) is 11.7.